The first-order valence-electron chi connectivity index (χ1n) is 11.9. The molecular formula is C29H30FN3O3. The summed E-state index contributed by atoms with van der Waals surface area (Å²) < 4.78 is 27.6. The van der Waals surface area contributed by atoms with Crippen LogP contribution < -0.4 is 9.47 Å². The average Bonchev–Trinajstić information content (AvgIpc) is 3.21. The molecule has 4 rings (SSSR count). The second kappa shape index (κ2) is 11.1. The number of methoxy groups -OCH3 is 1. The molecule has 0 aliphatic rings. The minimum atomic E-state index is -0.446. The lowest BCUT2D eigenvalue weighted by atomic mass is 10.1. The van der Waals surface area contributed by atoms with Gasteiger partial charge in [0.2, 0.25) is 5.88 Å². The van der Waals surface area contributed by atoms with Gasteiger partial charge in [-0.3, -0.25) is 4.79 Å². The van der Waals surface area contributed by atoms with Gasteiger partial charge in [0, 0.05) is 11.6 Å². The van der Waals surface area contributed by atoms with Gasteiger partial charge >= 0.3 is 0 Å². The van der Waals surface area contributed by atoms with Crippen LogP contribution in [0.5, 0.6) is 17.4 Å². The molecule has 1 atom stereocenters. The minimum Gasteiger partial charge on any atom is -0.493 e. The maximum Gasteiger partial charge on any atom is 0.254 e. The third-order valence-corrected chi connectivity index (χ3v) is 6.20. The van der Waals surface area contributed by atoms with Crippen LogP contribution in [0, 0.1) is 12.7 Å². The maximum atomic E-state index is 13.9. The molecule has 0 bridgehead atoms. The Hall–Kier alpha value is -4.13. The van der Waals surface area contributed by atoms with Gasteiger partial charge in [0.05, 0.1) is 30.6 Å². The van der Waals surface area contributed by atoms with Gasteiger partial charge < -0.3 is 14.4 Å². The molecule has 0 aliphatic carbocycles. The number of aryl methyl sites for hydroxylation is 1. The Kier molecular flexibility index (Phi) is 7.68. The Bertz CT molecular complexity index is 1340. The van der Waals surface area contributed by atoms with Crippen molar-refractivity contribution >= 4 is 5.91 Å². The third kappa shape index (κ3) is 5.25. The van der Waals surface area contributed by atoms with E-state index in [4.69, 9.17) is 14.6 Å². The molecule has 0 N–H and O–H groups in total. The van der Waals surface area contributed by atoms with Gasteiger partial charge in [0.1, 0.15) is 5.82 Å². The average molecular weight is 488 g/mol. The molecule has 0 spiro atoms. The number of benzene rings is 3. The van der Waals surface area contributed by atoms with Gasteiger partial charge in [-0.2, -0.15) is 5.10 Å². The summed E-state index contributed by atoms with van der Waals surface area (Å²) in [7, 11) is 1.59. The van der Waals surface area contributed by atoms with Crippen LogP contribution in [-0.4, -0.2) is 33.7 Å². The van der Waals surface area contributed by atoms with E-state index in [0.717, 1.165) is 23.4 Å². The zero-order chi connectivity index (χ0) is 25.7. The quantitative estimate of drug-likeness (QED) is 0.268. The Labute approximate surface area is 210 Å². The first-order chi connectivity index (χ1) is 17.4. The highest BCUT2D eigenvalue weighted by atomic mass is 19.1. The summed E-state index contributed by atoms with van der Waals surface area (Å²) >= 11 is 0. The van der Waals surface area contributed by atoms with E-state index >= 15 is 0 Å². The molecule has 1 amide bonds. The second-order valence-electron chi connectivity index (χ2n) is 8.57. The number of hydrogen-bond donors (Lipinski definition) is 0. The van der Waals surface area contributed by atoms with Crippen LogP contribution in [0.25, 0.3) is 5.69 Å². The summed E-state index contributed by atoms with van der Waals surface area (Å²) in [6.45, 7) is 6.14. The highest BCUT2D eigenvalue weighted by Gasteiger charge is 2.27. The standard InChI is InChI=1S/C29H30FN3O3/c1-5-20(2)32(28(34)22-12-11-13-23(30)18-22)19-25-21(3)31-33(24-14-7-6-8-15-24)29(25)36-27-17-10-9-16-26(27)35-4/h6-18,20H,5,19H2,1-4H3/t20-/m1/s1. The molecule has 0 unspecified atom stereocenters. The predicted molar refractivity (Wildman–Crippen MR) is 137 cm³/mol. The number of halogens is 1. The van der Waals surface area contributed by atoms with Crippen LogP contribution in [-0.2, 0) is 6.54 Å². The van der Waals surface area contributed by atoms with Gasteiger partial charge in [-0.1, -0.05) is 43.3 Å². The van der Waals surface area contributed by atoms with Gasteiger partial charge in [0.15, 0.2) is 11.5 Å². The van der Waals surface area contributed by atoms with Crippen molar-refractivity contribution in [3.8, 4) is 23.1 Å². The zero-order valence-electron chi connectivity index (χ0n) is 20.9. The zero-order valence-corrected chi connectivity index (χ0v) is 20.9. The molecule has 1 heterocycles. The largest absolute Gasteiger partial charge is 0.493 e. The number of nitrogens with zero attached hydrogens (tertiary/aromatic N) is 3. The molecule has 0 saturated heterocycles. The SMILES string of the molecule is CC[C@@H](C)N(Cc1c(C)nn(-c2ccccc2)c1Oc1ccccc1OC)C(=O)c1cccc(F)c1. The lowest BCUT2D eigenvalue weighted by Crippen LogP contribution is -2.38. The Morgan fingerprint density at radius 2 is 1.72 bits per heavy atom. The van der Waals surface area contributed by atoms with Crippen molar-refractivity contribution < 1.29 is 18.7 Å². The fraction of sp³-hybridized carbons (Fsp3) is 0.241. The highest BCUT2D eigenvalue weighted by Crippen LogP contribution is 2.36. The number of para-hydroxylation sites is 3. The lowest BCUT2D eigenvalue weighted by molar-refractivity contribution is 0.0669. The summed E-state index contributed by atoms with van der Waals surface area (Å²) in [4.78, 5) is 15.3. The van der Waals surface area contributed by atoms with Crippen molar-refractivity contribution in [2.45, 2.75) is 39.8 Å². The number of carbonyl (C=O) groups excluding carboxylic acids is 1. The van der Waals surface area contributed by atoms with Crippen molar-refractivity contribution in [2.75, 3.05) is 7.11 Å². The number of ether oxygens (including phenoxy) is 2. The van der Waals surface area contributed by atoms with Gasteiger partial charge in [0.25, 0.3) is 5.91 Å². The molecule has 4 aromatic rings. The van der Waals surface area contributed by atoms with Gasteiger partial charge in [-0.25, -0.2) is 9.07 Å². The number of carbonyl (C=O) groups is 1. The van der Waals surface area contributed by atoms with Crippen LogP contribution >= 0.6 is 0 Å². The van der Waals surface area contributed by atoms with Crippen molar-refractivity contribution in [1.82, 2.24) is 14.7 Å². The Morgan fingerprint density at radius 3 is 2.39 bits per heavy atom. The number of hydrogen-bond acceptors (Lipinski definition) is 4. The number of amides is 1. The summed E-state index contributed by atoms with van der Waals surface area (Å²) in [5.41, 5.74) is 2.61. The molecule has 7 heteroatoms. The third-order valence-electron chi connectivity index (χ3n) is 6.20. The molecule has 0 fully saturated rings. The normalized spacial score (nSPS) is 11.7. The number of rotatable bonds is 9. The Balaban J connectivity index is 1.81. The van der Waals surface area contributed by atoms with E-state index in [1.165, 1.54) is 12.1 Å². The molecule has 3 aromatic carbocycles. The molecule has 0 saturated carbocycles. The van der Waals surface area contributed by atoms with Gasteiger partial charge in [-0.15, -0.1) is 0 Å². The van der Waals surface area contributed by atoms with E-state index in [1.807, 2.05) is 75.4 Å². The molecule has 0 radical (unpaired) electrons. The molecular weight excluding hydrogens is 457 g/mol. The summed E-state index contributed by atoms with van der Waals surface area (Å²) in [6.07, 6.45) is 0.732. The first kappa shape index (κ1) is 25.0. The van der Waals surface area contributed by atoms with Gasteiger partial charge in [-0.05, 0) is 62.7 Å². The van der Waals surface area contributed by atoms with Crippen LogP contribution in [0.3, 0.4) is 0 Å². The fourth-order valence-electron chi connectivity index (χ4n) is 3.98. The minimum absolute atomic E-state index is 0.0978. The van der Waals surface area contributed by atoms with Crippen LogP contribution in [0.2, 0.25) is 0 Å². The number of aromatic nitrogens is 2. The summed E-state index contributed by atoms with van der Waals surface area (Å²) in [5.74, 6) is 0.905. The van der Waals surface area contributed by atoms with Crippen LogP contribution in [0.1, 0.15) is 41.9 Å². The highest BCUT2D eigenvalue weighted by molar-refractivity contribution is 5.94. The topological polar surface area (TPSA) is 56.6 Å². The van der Waals surface area contributed by atoms with Crippen LogP contribution in [0.15, 0.2) is 78.9 Å². The molecule has 186 valence electrons. The van der Waals surface area contributed by atoms with Crippen molar-refractivity contribution in [2.24, 2.45) is 0 Å². The Morgan fingerprint density at radius 1 is 1.03 bits per heavy atom. The van der Waals surface area contributed by atoms with E-state index in [9.17, 15) is 9.18 Å². The van der Waals surface area contributed by atoms with Crippen LogP contribution in [0.4, 0.5) is 4.39 Å². The van der Waals surface area contributed by atoms with E-state index in [0.29, 0.717) is 22.9 Å². The molecule has 0 aliphatic heterocycles. The molecule has 6 nitrogen and oxygen atoms in total. The van der Waals surface area contributed by atoms with Crippen molar-refractivity contribution in [3.05, 3.63) is 102 Å². The van der Waals surface area contributed by atoms with E-state index < -0.39 is 5.82 Å². The van der Waals surface area contributed by atoms with E-state index in [-0.39, 0.29) is 18.5 Å². The second-order valence-corrected chi connectivity index (χ2v) is 8.57. The lowest BCUT2D eigenvalue weighted by Gasteiger charge is -2.29. The predicted octanol–water partition coefficient (Wildman–Crippen LogP) is 6.56. The maximum absolute atomic E-state index is 13.9. The fourth-order valence-corrected chi connectivity index (χ4v) is 3.98. The first-order valence-corrected chi connectivity index (χ1v) is 11.9. The molecule has 36 heavy (non-hydrogen) atoms. The van der Waals surface area contributed by atoms with E-state index in [2.05, 4.69) is 0 Å². The van der Waals surface area contributed by atoms with E-state index in [1.54, 1.807) is 28.8 Å². The molecule has 1 aromatic heterocycles. The smallest absolute Gasteiger partial charge is 0.254 e. The van der Waals surface area contributed by atoms with Crippen molar-refractivity contribution in [3.63, 3.8) is 0 Å². The monoisotopic (exact) mass is 487 g/mol. The summed E-state index contributed by atoms with van der Waals surface area (Å²) in [6, 6.07) is 22.7. The summed E-state index contributed by atoms with van der Waals surface area (Å²) in [5, 5.41) is 4.77. The van der Waals surface area contributed by atoms with Crippen molar-refractivity contribution in [1.29, 1.82) is 0 Å².